The molecule has 2 unspecified atom stereocenters. The number of aliphatic hydroxyl groups excluding tert-OH is 3. The SMILES string of the molecule is [2H]C[C@H]1OC(n2cnc3c(=O)[nH]c(NC(=O)C(C)C)nc32)C[C@@H]1OS(C)(=O)=O.[2H]C[C@H]1OC(n2cnc3c(=O)[nH]c(NC(=O)C(C)C)nc32)C[C@H]1O.[3H]OC.[3H]OC. The van der Waals surface area contributed by atoms with E-state index in [-0.39, 0.29) is 84.5 Å². The normalized spacial score (nSPS) is 23.2. The number of aliphatic hydroxyl groups is 3. The molecule has 4 aromatic rings. The minimum absolute atomic E-state index is 0.0306. The average Bonchev–Trinajstić information content (AvgIpc) is 3.93. The molecule has 0 saturated carbocycles. The van der Waals surface area contributed by atoms with Crippen molar-refractivity contribution in [3.05, 3.63) is 33.4 Å². The number of hydrogen-bond donors (Lipinski definition) is 7. The molecule has 300 valence electrons. The molecule has 2 fully saturated rings. The number of carbonyl (C=O) groups excluding carboxylic acids is 2. The van der Waals surface area contributed by atoms with Crippen LogP contribution in [0.2, 0.25) is 0 Å². The van der Waals surface area contributed by atoms with E-state index in [1.54, 1.807) is 27.7 Å². The summed E-state index contributed by atoms with van der Waals surface area (Å²) in [4.78, 5) is 69.5. The van der Waals surface area contributed by atoms with Gasteiger partial charge in [-0.1, -0.05) is 27.7 Å². The Hall–Kier alpha value is -4.65. The van der Waals surface area contributed by atoms with E-state index in [9.17, 15) is 32.7 Å². The van der Waals surface area contributed by atoms with Crippen LogP contribution in [-0.4, -0.2) is 122 Å². The molecular weight excluding hydrogens is 736 g/mol. The molecule has 2 amide bonds. The first-order chi connectivity index (χ1) is 27.3. The second kappa shape index (κ2) is 18.6. The van der Waals surface area contributed by atoms with Crippen LogP contribution in [0.15, 0.2) is 22.2 Å². The molecular formula is C31H48N10O12S. The number of anilines is 2. The molecule has 2 aliphatic rings. The van der Waals surface area contributed by atoms with Crippen LogP contribution < -0.4 is 21.8 Å². The summed E-state index contributed by atoms with van der Waals surface area (Å²) in [5, 5.41) is 22.0. The van der Waals surface area contributed by atoms with Gasteiger partial charge in [0.05, 0.1) is 37.2 Å². The van der Waals surface area contributed by atoms with Gasteiger partial charge < -0.3 is 24.8 Å². The third-order valence-corrected chi connectivity index (χ3v) is 8.30. The highest BCUT2D eigenvalue weighted by molar-refractivity contribution is 7.86. The van der Waals surface area contributed by atoms with Crippen molar-refractivity contribution in [3.8, 4) is 0 Å². The number of H-pyrrole nitrogens is 2. The van der Waals surface area contributed by atoms with E-state index in [0.29, 0.717) is 0 Å². The first-order valence-corrected chi connectivity index (χ1v) is 18.1. The lowest BCUT2D eigenvalue weighted by atomic mass is 10.2. The van der Waals surface area contributed by atoms with Crippen LogP contribution in [-0.2, 0) is 33.4 Å². The number of nitrogens with one attached hydrogen (secondary N) is 4. The van der Waals surface area contributed by atoms with E-state index in [2.05, 4.69) is 50.8 Å². The van der Waals surface area contributed by atoms with Gasteiger partial charge in [-0.05, 0) is 13.8 Å². The molecule has 0 bridgehead atoms. The predicted octanol–water partition coefficient (Wildman–Crippen LogP) is -0.0343. The Balaban J connectivity index is 0.000000276. The number of nitrogens with zero attached hydrogens (tertiary/aromatic N) is 6. The largest absolute Gasteiger partial charge is 0.400 e. The summed E-state index contributed by atoms with van der Waals surface area (Å²) < 4.78 is 68.6. The van der Waals surface area contributed by atoms with Crippen LogP contribution in [0, 0.1) is 11.8 Å². The van der Waals surface area contributed by atoms with Crippen molar-refractivity contribution in [1.82, 2.24) is 39.0 Å². The van der Waals surface area contributed by atoms with Gasteiger partial charge in [-0.15, -0.1) is 0 Å². The minimum Gasteiger partial charge on any atom is -0.400 e. The van der Waals surface area contributed by atoms with Gasteiger partial charge >= 0.3 is 0 Å². The predicted molar refractivity (Wildman–Crippen MR) is 194 cm³/mol. The molecule has 0 radical (unpaired) electrons. The lowest BCUT2D eigenvalue weighted by molar-refractivity contribution is -0.119. The van der Waals surface area contributed by atoms with Crippen LogP contribution in [0.1, 0.15) is 69.5 Å². The fourth-order valence-electron chi connectivity index (χ4n) is 5.00. The number of hydrogen-bond acceptors (Lipinski definition) is 16. The van der Waals surface area contributed by atoms with Gasteiger partial charge in [0.25, 0.3) is 21.2 Å². The van der Waals surface area contributed by atoms with Crippen LogP contribution >= 0.6 is 0 Å². The minimum atomic E-state index is -3.73. The third-order valence-electron chi connectivity index (χ3n) is 7.70. The molecule has 6 heterocycles. The summed E-state index contributed by atoms with van der Waals surface area (Å²) in [5.74, 6) is -1.16. The molecule has 2 saturated heterocycles. The quantitative estimate of drug-likeness (QED) is 0.115. The molecule has 0 aliphatic carbocycles. The monoisotopic (exact) mass is 790 g/mol. The van der Waals surface area contributed by atoms with Gasteiger partial charge in [0, 0.05) is 41.6 Å². The van der Waals surface area contributed by atoms with Crippen molar-refractivity contribution < 1.29 is 49.7 Å². The number of amides is 2. The van der Waals surface area contributed by atoms with Gasteiger partial charge in [0.15, 0.2) is 22.3 Å². The number of imidazole rings is 2. The number of rotatable bonds is 8. The van der Waals surface area contributed by atoms with Crippen molar-refractivity contribution in [3.63, 3.8) is 0 Å². The van der Waals surface area contributed by atoms with Crippen LogP contribution in [0.3, 0.4) is 0 Å². The van der Waals surface area contributed by atoms with Crippen molar-refractivity contribution in [2.45, 2.75) is 91.2 Å². The lowest BCUT2D eigenvalue weighted by Crippen LogP contribution is -2.24. The molecule has 6 atom stereocenters. The van der Waals surface area contributed by atoms with E-state index < -0.39 is 58.1 Å². The number of fused-ring (bicyclic) bond motifs is 2. The Labute approximate surface area is 315 Å². The van der Waals surface area contributed by atoms with E-state index in [0.717, 1.165) is 6.26 Å². The first-order valence-electron chi connectivity index (χ1n) is 18.5. The van der Waals surface area contributed by atoms with Gasteiger partial charge in [-0.2, -0.15) is 18.4 Å². The summed E-state index contributed by atoms with van der Waals surface area (Å²) in [7, 11) is -1.14. The van der Waals surface area contributed by atoms with Crippen molar-refractivity contribution in [2.24, 2.45) is 11.8 Å². The summed E-state index contributed by atoms with van der Waals surface area (Å²) in [6.45, 7) is 6.59. The Kier molecular flexibility index (Phi) is 13.0. The van der Waals surface area contributed by atoms with Crippen LogP contribution in [0.5, 0.6) is 0 Å². The summed E-state index contributed by atoms with van der Waals surface area (Å²) in [5.41, 5.74) is -0.446. The second-order valence-corrected chi connectivity index (χ2v) is 14.0. The van der Waals surface area contributed by atoms with Crippen molar-refractivity contribution in [2.75, 3.05) is 31.1 Å². The smallest absolute Gasteiger partial charge is 0.280 e. The molecule has 22 nitrogen and oxygen atoms in total. The third kappa shape index (κ3) is 10.5. The standard InChI is InChI=1S/C15H21N5O6S.C14H19N5O4.2CH4O/c1-7(2)13(21)18-15-17-12-11(14(22)19-15)16-6-20(12)10-5-9(8(3)25-10)26-27(4,23)24;1-6(2)12(21)17-14-16-11-10(13(22)18-14)15-5-19(11)9-4-8(20)7(3)23-9;2*1-2/h6-10H,5H2,1-4H3,(H2,17,18,19,21,22);5-9,20H,4H2,1-3H3,(H2,16,17,18,21,22);2*2H,1H3/t8-,9+,10?;7-,8-,9?;;/m11../s1/i2*3D;2*2T. The van der Waals surface area contributed by atoms with Gasteiger partial charge in [0.1, 0.15) is 18.6 Å². The Bertz CT molecular complexity index is 2220. The highest BCUT2D eigenvalue weighted by Crippen LogP contribution is 2.33. The van der Waals surface area contributed by atoms with Crippen LogP contribution in [0.25, 0.3) is 22.3 Å². The molecule has 0 spiro atoms. The van der Waals surface area contributed by atoms with Gasteiger partial charge in [-0.25, -0.2) is 9.97 Å². The van der Waals surface area contributed by atoms with Crippen molar-refractivity contribution in [1.29, 1.82) is 2.86 Å². The van der Waals surface area contributed by atoms with Gasteiger partial charge in [0.2, 0.25) is 26.6 Å². The second-order valence-electron chi connectivity index (χ2n) is 12.4. The molecule has 2 aliphatic heterocycles. The average molecular weight is 791 g/mol. The number of ether oxygens (including phenoxy) is 2. The zero-order valence-electron chi connectivity index (χ0n) is 34.6. The van der Waals surface area contributed by atoms with E-state index in [1.807, 2.05) is 0 Å². The zero-order chi connectivity index (χ0) is 43.5. The molecule has 23 heteroatoms. The maximum Gasteiger partial charge on any atom is 0.280 e. The summed E-state index contributed by atoms with van der Waals surface area (Å²) in [6.07, 6.45) is -0.156. The van der Waals surface area contributed by atoms with E-state index in [1.165, 1.54) is 36.0 Å². The van der Waals surface area contributed by atoms with Gasteiger partial charge in [-0.3, -0.25) is 53.1 Å². The zero-order valence-corrected chi connectivity index (χ0v) is 31.4. The fourth-order valence-corrected chi connectivity index (χ4v) is 5.65. The highest BCUT2D eigenvalue weighted by Gasteiger charge is 2.37. The van der Waals surface area contributed by atoms with E-state index >= 15 is 0 Å². The Morgan fingerprint density at radius 2 is 1.33 bits per heavy atom. The Morgan fingerprint density at radius 1 is 0.907 bits per heavy atom. The van der Waals surface area contributed by atoms with Crippen LogP contribution in [0.4, 0.5) is 11.9 Å². The molecule has 54 heavy (non-hydrogen) atoms. The molecule has 6 rings (SSSR count). The molecule has 7 N–H and O–H groups in total. The maximum absolute atomic E-state index is 12.3. The van der Waals surface area contributed by atoms with Crippen molar-refractivity contribution >= 4 is 56.2 Å². The number of carbonyl (C=O) groups is 2. The molecule has 0 aromatic carbocycles. The first kappa shape index (κ1) is 37.7. The highest BCUT2D eigenvalue weighted by atomic mass is 32.2. The Morgan fingerprint density at radius 3 is 1.72 bits per heavy atom. The molecule has 4 aromatic heterocycles. The number of aromatic amines is 2. The van der Waals surface area contributed by atoms with E-state index in [4.69, 9.17) is 19.3 Å². The maximum atomic E-state index is 12.3. The number of aromatic nitrogens is 8. The summed E-state index contributed by atoms with van der Waals surface area (Å²) in [6, 6.07) is 0. The summed E-state index contributed by atoms with van der Waals surface area (Å²) >= 11 is 0. The lowest BCUT2D eigenvalue weighted by Gasteiger charge is -2.13. The fraction of sp³-hybridized carbons (Fsp3) is 0.613. The topological polar surface area (TPSA) is 308 Å².